The number of nitrogens with zero attached hydrogens (tertiary/aromatic N) is 2. The average Bonchev–Trinajstić information content (AvgIpc) is 2.97. The van der Waals surface area contributed by atoms with Gasteiger partial charge in [0, 0.05) is 17.8 Å². The van der Waals surface area contributed by atoms with Crippen LogP contribution in [0.15, 0.2) is 24.4 Å². The summed E-state index contributed by atoms with van der Waals surface area (Å²) in [5, 5.41) is 7.19. The first kappa shape index (κ1) is 16.0. The summed E-state index contributed by atoms with van der Waals surface area (Å²) in [5.41, 5.74) is 1.67. The van der Waals surface area contributed by atoms with Crippen molar-refractivity contribution in [1.29, 1.82) is 0 Å². The predicted molar refractivity (Wildman–Crippen MR) is 83.4 cm³/mol. The van der Waals surface area contributed by atoms with Crippen LogP contribution in [0.25, 0.3) is 0 Å². The van der Waals surface area contributed by atoms with E-state index in [0.29, 0.717) is 28.5 Å². The van der Waals surface area contributed by atoms with E-state index in [-0.39, 0.29) is 11.5 Å². The van der Waals surface area contributed by atoms with E-state index in [2.05, 4.69) is 10.4 Å². The minimum Gasteiger partial charge on any atom is -0.465 e. The van der Waals surface area contributed by atoms with Crippen molar-refractivity contribution < 1.29 is 14.3 Å². The normalized spacial score (nSPS) is 10.4. The van der Waals surface area contributed by atoms with Crippen molar-refractivity contribution in [2.45, 2.75) is 20.4 Å². The number of hydrogen-bond donors (Lipinski definition) is 1. The third-order valence-electron chi connectivity index (χ3n) is 3.19. The van der Waals surface area contributed by atoms with Crippen LogP contribution in [0.2, 0.25) is 5.02 Å². The molecule has 116 valence electrons. The molecule has 1 amide bonds. The number of benzene rings is 1. The number of esters is 1. The van der Waals surface area contributed by atoms with Gasteiger partial charge in [-0.05, 0) is 37.6 Å². The van der Waals surface area contributed by atoms with E-state index in [9.17, 15) is 9.59 Å². The zero-order valence-electron chi connectivity index (χ0n) is 12.5. The Morgan fingerprint density at radius 1 is 1.41 bits per heavy atom. The number of aromatic nitrogens is 2. The maximum atomic E-state index is 12.4. The van der Waals surface area contributed by atoms with Crippen LogP contribution in [0.3, 0.4) is 0 Å². The SMILES string of the molecule is CCn1nccc1C(=O)Nc1c(C)cc(Cl)cc1C(=O)OC. The molecule has 0 bridgehead atoms. The summed E-state index contributed by atoms with van der Waals surface area (Å²) in [4.78, 5) is 24.3. The van der Waals surface area contributed by atoms with Crippen LogP contribution >= 0.6 is 11.6 Å². The number of hydrogen-bond acceptors (Lipinski definition) is 4. The Balaban J connectivity index is 2.41. The van der Waals surface area contributed by atoms with Crippen molar-refractivity contribution in [3.05, 3.63) is 46.2 Å². The molecule has 22 heavy (non-hydrogen) atoms. The van der Waals surface area contributed by atoms with Gasteiger partial charge in [-0.2, -0.15) is 5.10 Å². The molecule has 0 unspecified atom stereocenters. The zero-order chi connectivity index (χ0) is 16.3. The molecule has 1 N–H and O–H groups in total. The summed E-state index contributed by atoms with van der Waals surface area (Å²) < 4.78 is 6.31. The first-order valence-electron chi connectivity index (χ1n) is 6.69. The Morgan fingerprint density at radius 3 is 2.77 bits per heavy atom. The highest BCUT2D eigenvalue weighted by Gasteiger charge is 2.19. The number of amides is 1. The standard InChI is InChI=1S/C15H16ClN3O3/c1-4-19-12(5-6-17-19)14(20)18-13-9(2)7-10(16)8-11(13)15(21)22-3/h5-8H,4H2,1-3H3,(H,18,20). The fourth-order valence-electron chi connectivity index (χ4n) is 2.14. The zero-order valence-corrected chi connectivity index (χ0v) is 13.3. The summed E-state index contributed by atoms with van der Waals surface area (Å²) >= 11 is 5.97. The molecular formula is C15H16ClN3O3. The predicted octanol–water partition coefficient (Wildman–Crippen LogP) is 2.90. The Hall–Kier alpha value is -2.34. The highest BCUT2D eigenvalue weighted by molar-refractivity contribution is 6.31. The largest absolute Gasteiger partial charge is 0.465 e. The second-order valence-electron chi connectivity index (χ2n) is 4.62. The van der Waals surface area contributed by atoms with Gasteiger partial charge in [0.05, 0.1) is 18.4 Å². The quantitative estimate of drug-likeness (QED) is 0.879. The van der Waals surface area contributed by atoms with Crippen LogP contribution < -0.4 is 5.32 Å². The van der Waals surface area contributed by atoms with Gasteiger partial charge in [-0.3, -0.25) is 9.48 Å². The summed E-state index contributed by atoms with van der Waals surface area (Å²) in [5.74, 6) is -0.917. The topological polar surface area (TPSA) is 73.2 Å². The number of rotatable bonds is 4. The molecule has 0 aliphatic carbocycles. The van der Waals surface area contributed by atoms with Gasteiger partial charge >= 0.3 is 5.97 Å². The minimum absolute atomic E-state index is 0.211. The third kappa shape index (κ3) is 3.12. The molecular weight excluding hydrogens is 306 g/mol. The van der Waals surface area contributed by atoms with Crippen molar-refractivity contribution in [1.82, 2.24) is 9.78 Å². The Bertz CT molecular complexity index is 725. The van der Waals surface area contributed by atoms with Crippen LogP contribution in [0.4, 0.5) is 5.69 Å². The second-order valence-corrected chi connectivity index (χ2v) is 5.06. The second kappa shape index (κ2) is 6.62. The summed E-state index contributed by atoms with van der Waals surface area (Å²) in [7, 11) is 1.27. The summed E-state index contributed by atoms with van der Waals surface area (Å²) in [6, 6.07) is 4.75. The molecule has 6 nitrogen and oxygen atoms in total. The molecule has 0 spiro atoms. The maximum Gasteiger partial charge on any atom is 0.340 e. The van der Waals surface area contributed by atoms with Gasteiger partial charge in [-0.25, -0.2) is 4.79 Å². The molecule has 0 atom stereocenters. The minimum atomic E-state index is -0.565. The van der Waals surface area contributed by atoms with Gasteiger partial charge in [0.1, 0.15) is 5.69 Å². The smallest absolute Gasteiger partial charge is 0.340 e. The van der Waals surface area contributed by atoms with Crippen molar-refractivity contribution in [2.24, 2.45) is 0 Å². The van der Waals surface area contributed by atoms with E-state index in [1.54, 1.807) is 29.9 Å². The van der Waals surface area contributed by atoms with Gasteiger partial charge in [-0.15, -0.1) is 0 Å². The lowest BCUT2D eigenvalue weighted by Gasteiger charge is -2.13. The molecule has 2 rings (SSSR count). The molecule has 2 aromatic rings. The average molecular weight is 322 g/mol. The molecule has 1 aromatic carbocycles. The van der Waals surface area contributed by atoms with Crippen molar-refractivity contribution in [2.75, 3.05) is 12.4 Å². The van der Waals surface area contributed by atoms with Crippen LogP contribution in [0.1, 0.15) is 33.3 Å². The Morgan fingerprint density at radius 2 is 2.14 bits per heavy atom. The highest BCUT2D eigenvalue weighted by Crippen LogP contribution is 2.26. The third-order valence-corrected chi connectivity index (χ3v) is 3.41. The molecule has 0 saturated heterocycles. The monoisotopic (exact) mass is 321 g/mol. The van der Waals surface area contributed by atoms with Gasteiger partial charge in [-0.1, -0.05) is 11.6 Å². The van der Waals surface area contributed by atoms with Crippen LogP contribution in [-0.2, 0) is 11.3 Å². The van der Waals surface area contributed by atoms with E-state index in [1.807, 2.05) is 6.92 Å². The van der Waals surface area contributed by atoms with Gasteiger partial charge in [0.25, 0.3) is 5.91 Å². The summed E-state index contributed by atoms with van der Waals surface area (Å²) in [6.07, 6.45) is 1.55. The Labute approximate surface area is 133 Å². The van der Waals surface area contributed by atoms with Crippen molar-refractivity contribution in [3.63, 3.8) is 0 Å². The fraction of sp³-hybridized carbons (Fsp3) is 0.267. The first-order valence-corrected chi connectivity index (χ1v) is 7.07. The van der Waals surface area contributed by atoms with Gasteiger partial charge in [0.2, 0.25) is 0 Å². The molecule has 1 heterocycles. The van der Waals surface area contributed by atoms with E-state index < -0.39 is 5.97 Å². The summed E-state index contributed by atoms with van der Waals surface area (Å²) in [6.45, 7) is 4.21. The number of ether oxygens (including phenoxy) is 1. The number of anilines is 1. The van der Waals surface area contributed by atoms with Crippen LogP contribution in [0.5, 0.6) is 0 Å². The van der Waals surface area contributed by atoms with Crippen LogP contribution in [-0.4, -0.2) is 28.8 Å². The van der Waals surface area contributed by atoms with Gasteiger partial charge in [0.15, 0.2) is 0 Å². The molecule has 0 fully saturated rings. The molecule has 1 aromatic heterocycles. The number of methoxy groups -OCH3 is 1. The number of carbonyl (C=O) groups is 2. The number of halogens is 1. The van der Waals surface area contributed by atoms with Crippen LogP contribution in [0, 0.1) is 6.92 Å². The molecule has 0 aliphatic heterocycles. The maximum absolute atomic E-state index is 12.4. The molecule has 0 saturated carbocycles. The molecule has 0 aliphatic rings. The molecule has 7 heteroatoms. The first-order chi connectivity index (χ1) is 10.5. The number of aryl methyl sites for hydroxylation is 2. The van der Waals surface area contributed by atoms with E-state index >= 15 is 0 Å². The van der Waals surface area contributed by atoms with Crippen molar-refractivity contribution in [3.8, 4) is 0 Å². The van der Waals surface area contributed by atoms with E-state index in [1.165, 1.54) is 13.2 Å². The Kier molecular flexibility index (Phi) is 4.82. The lowest BCUT2D eigenvalue weighted by Crippen LogP contribution is -2.20. The number of nitrogens with one attached hydrogen (secondary N) is 1. The number of carbonyl (C=O) groups excluding carboxylic acids is 2. The highest BCUT2D eigenvalue weighted by atomic mass is 35.5. The van der Waals surface area contributed by atoms with E-state index in [4.69, 9.17) is 16.3 Å². The lowest BCUT2D eigenvalue weighted by atomic mass is 10.1. The molecule has 0 radical (unpaired) electrons. The van der Waals surface area contributed by atoms with Gasteiger partial charge < -0.3 is 10.1 Å². The lowest BCUT2D eigenvalue weighted by molar-refractivity contribution is 0.0602. The fourth-order valence-corrected chi connectivity index (χ4v) is 2.41. The van der Waals surface area contributed by atoms with E-state index in [0.717, 1.165) is 0 Å². The van der Waals surface area contributed by atoms with Crippen molar-refractivity contribution >= 4 is 29.2 Å².